The van der Waals surface area contributed by atoms with Crippen LogP contribution in [-0.2, 0) is 23.2 Å². The highest BCUT2D eigenvalue weighted by atomic mass is 16.2. The summed E-state index contributed by atoms with van der Waals surface area (Å²) in [4.78, 5) is 31.0. The SMILES string of the molecule is CN=C(NCCCN1C(=O)C2C3C=CC(C3)C2C1=O)NCc1ccnn1C. The fraction of sp³-hybridized carbons (Fsp3) is 0.579. The molecule has 2 N–H and O–H groups in total. The summed E-state index contributed by atoms with van der Waals surface area (Å²) in [6.07, 6.45) is 7.68. The first kappa shape index (κ1) is 17.8. The maximum atomic E-state index is 12.6. The number of hydrogen-bond donors (Lipinski definition) is 2. The number of allylic oxidation sites excluding steroid dienone is 2. The molecule has 0 radical (unpaired) electrons. The van der Waals surface area contributed by atoms with E-state index in [1.54, 1.807) is 13.2 Å². The van der Waals surface area contributed by atoms with Crippen LogP contribution >= 0.6 is 0 Å². The molecular weight excluding hydrogens is 344 g/mol. The van der Waals surface area contributed by atoms with Crippen LogP contribution in [0.15, 0.2) is 29.4 Å². The second kappa shape index (κ2) is 7.17. The number of fused-ring (bicyclic) bond motifs is 5. The third kappa shape index (κ3) is 3.13. The van der Waals surface area contributed by atoms with Gasteiger partial charge in [0.2, 0.25) is 11.8 Å². The minimum Gasteiger partial charge on any atom is -0.356 e. The Morgan fingerprint density at radius 1 is 1.22 bits per heavy atom. The zero-order valence-corrected chi connectivity index (χ0v) is 15.8. The smallest absolute Gasteiger partial charge is 0.233 e. The Morgan fingerprint density at radius 2 is 1.93 bits per heavy atom. The van der Waals surface area contributed by atoms with Crippen molar-refractivity contribution in [1.82, 2.24) is 25.3 Å². The average Bonchev–Trinajstić information content (AvgIpc) is 3.42. The van der Waals surface area contributed by atoms with Crippen LogP contribution in [0.4, 0.5) is 0 Å². The number of hydrogen-bond acceptors (Lipinski definition) is 4. The lowest BCUT2D eigenvalue weighted by molar-refractivity contribution is -0.140. The van der Waals surface area contributed by atoms with Crippen molar-refractivity contribution in [1.29, 1.82) is 0 Å². The Bertz CT molecular complexity index is 768. The van der Waals surface area contributed by atoms with Crippen molar-refractivity contribution in [2.24, 2.45) is 35.7 Å². The van der Waals surface area contributed by atoms with Gasteiger partial charge in [-0.2, -0.15) is 5.10 Å². The summed E-state index contributed by atoms with van der Waals surface area (Å²) in [7, 11) is 3.62. The van der Waals surface area contributed by atoms with Crippen molar-refractivity contribution in [3.63, 3.8) is 0 Å². The summed E-state index contributed by atoms with van der Waals surface area (Å²) in [5.41, 5.74) is 1.06. The van der Waals surface area contributed by atoms with Crippen molar-refractivity contribution in [3.8, 4) is 0 Å². The number of guanidine groups is 1. The van der Waals surface area contributed by atoms with Crippen LogP contribution < -0.4 is 10.6 Å². The number of aliphatic imine (C=N–C) groups is 1. The molecule has 2 fully saturated rings. The number of rotatable bonds is 6. The molecule has 4 atom stereocenters. The molecule has 1 saturated heterocycles. The number of aryl methyl sites for hydroxylation is 1. The van der Waals surface area contributed by atoms with Gasteiger partial charge in [0.25, 0.3) is 0 Å². The summed E-state index contributed by atoms with van der Waals surface area (Å²) < 4.78 is 1.81. The Hall–Kier alpha value is -2.64. The number of carbonyl (C=O) groups excluding carboxylic acids is 2. The van der Waals surface area contributed by atoms with Gasteiger partial charge in [-0.05, 0) is 30.7 Å². The van der Waals surface area contributed by atoms with Crippen LogP contribution in [0, 0.1) is 23.7 Å². The van der Waals surface area contributed by atoms with Gasteiger partial charge in [0.05, 0.1) is 24.1 Å². The molecule has 27 heavy (non-hydrogen) atoms. The van der Waals surface area contributed by atoms with Crippen LogP contribution in [0.5, 0.6) is 0 Å². The van der Waals surface area contributed by atoms with Gasteiger partial charge >= 0.3 is 0 Å². The lowest BCUT2D eigenvalue weighted by Gasteiger charge is -2.18. The molecule has 2 amide bonds. The minimum atomic E-state index is -0.103. The van der Waals surface area contributed by atoms with E-state index in [1.807, 2.05) is 17.8 Å². The first-order valence-corrected chi connectivity index (χ1v) is 9.55. The monoisotopic (exact) mass is 370 g/mol. The average molecular weight is 370 g/mol. The fourth-order valence-corrected chi connectivity index (χ4v) is 4.60. The van der Waals surface area contributed by atoms with E-state index in [2.05, 4.69) is 32.9 Å². The Balaban J connectivity index is 1.22. The molecule has 1 saturated carbocycles. The first-order chi connectivity index (χ1) is 13.1. The number of nitrogens with one attached hydrogen (secondary N) is 2. The van der Waals surface area contributed by atoms with Crippen molar-refractivity contribution >= 4 is 17.8 Å². The molecule has 0 spiro atoms. The van der Waals surface area contributed by atoms with Gasteiger partial charge < -0.3 is 10.6 Å². The highest BCUT2D eigenvalue weighted by molar-refractivity contribution is 6.06. The summed E-state index contributed by atoms with van der Waals surface area (Å²) in [5.74, 6) is 1.09. The van der Waals surface area contributed by atoms with E-state index in [0.717, 1.165) is 12.1 Å². The number of nitrogens with zero attached hydrogens (tertiary/aromatic N) is 4. The molecule has 144 valence electrons. The highest BCUT2D eigenvalue weighted by Crippen LogP contribution is 2.52. The molecule has 8 nitrogen and oxygen atoms in total. The number of aromatic nitrogens is 2. The number of imide groups is 1. The molecule has 1 aromatic rings. The van der Waals surface area contributed by atoms with Gasteiger partial charge in [-0.15, -0.1) is 0 Å². The van der Waals surface area contributed by atoms with Gasteiger partial charge in [-0.1, -0.05) is 12.2 Å². The van der Waals surface area contributed by atoms with Gasteiger partial charge in [0, 0.05) is 33.4 Å². The number of carbonyl (C=O) groups is 2. The first-order valence-electron chi connectivity index (χ1n) is 9.55. The van der Waals surface area contributed by atoms with E-state index >= 15 is 0 Å². The van der Waals surface area contributed by atoms with Crippen LogP contribution in [0.3, 0.4) is 0 Å². The largest absolute Gasteiger partial charge is 0.356 e. The lowest BCUT2D eigenvalue weighted by atomic mass is 9.85. The minimum absolute atomic E-state index is 0.0283. The second-order valence-corrected chi connectivity index (χ2v) is 7.48. The van der Waals surface area contributed by atoms with Crippen LogP contribution in [0.1, 0.15) is 18.5 Å². The second-order valence-electron chi connectivity index (χ2n) is 7.48. The molecule has 1 aromatic heterocycles. The van der Waals surface area contributed by atoms with Crippen LogP contribution in [0.2, 0.25) is 0 Å². The topological polar surface area (TPSA) is 91.6 Å². The summed E-state index contributed by atoms with van der Waals surface area (Å²) in [6.45, 7) is 1.73. The Labute approximate surface area is 158 Å². The zero-order chi connectivity index (χ0) is 19.0. The maximum absolute atomic E-state index is 12.6. The highest BCUT2D eigenvalue weighted by Gasteiger charge is 2.58. The molecule has 8 heteroatoms. The molecule has 4 unspecified atom stereocenters. The van der Waals surface area contributed by atoms with Crippen molar-refractivity contribution in [3.05, 3.63) is 30.1 Å². The third-order valence-corrected chi connectivity index (χ3v) is 6.00. The predicted octanol–water partition coefficient (Wildman–Crippen LogP) is 0.282. The Kier molecular flexibility index (Phi) is 4.72. The van der Waals surface area contributed by atoms with Crippen molar-refractivity contribution < 1.29 is 9.59 Å². The van der Waals surface area contributed by atoms with E-state index in [9.17, 15) is 9.59 Å². The van der Waals surface area contributed by atoms with E-state index < -0.39 is 0 Å². The normalized spacial score (nSPS) is 29.0. The van der Waals surface area contributed by atoms with E-state index in [-0.39, 0.29) is 35.5 Å². The predicted molar refractivity (Wildman–Crippen MR) is 100 cm³/mol. The quantitative estimate of drug-likeness (QED) is 0.247. The molecular formula is C19H26N6O2. The standard InChI is InChI=1S/C19H26N6O2/c1-20-19(22-11-14-6-8-23-24(14)2)21-7-3-9-25-17(26)15-12-4-5-13(10-12)16(15)18(25)27/h4-6,8,12-13,15-16H,3,7,9-11H2,1-2H3,(H2,20,21,22). The zero-order valence-electron chi connectivity index (χ0n) is 15.8. The summed E-state index contributed by atoms with van der Waals surface area (Å²) in [6, 6.07) is 1.95. The van der Waals surface area contributed by atoms with E-state index in [0.29, 0.717) is 32.0 Å². The van der Waals surface area contributed by atoms with Crippen LogP contribution in [-0.4, -0.2) is 52.6 Å². The summed E-state index contributed by atoms with van der Waals surface area (Å²) >= 11 is 0. The molecule has 2 aliphatic carbocycles. The van der Waals surface area contributed by atoms with Gasteiger partial charge in [0.1, 0.15) is 0 Å². The summed E-state index contributed by atoms with van der Waals surface area (Å²) in [5, 5.41) is 10.6. The maximum Gasteiger partial charge on any atom is 0.233 e. The Morgan fingerprint density at radius 3 is 2.52 bits per heavy atom. The number of amides is 2. The molecule has 1 aliphatic heterocycles. The van der Waals surface area contributed by atoms with Gasteiger partial charge in [-0.3, -0.25) is 24.2 Å². The molecule has 4 rings (SSSR count). The van der Waals surface area contributed by atoms with Crippen molar-refractivity contribution in [2.45, 2.75) is 19.4 Å². The molecule has 0 aromatic carbocycles. The lowest BCUT2D eigenvalue weighted by Crippen LogP contribution is -2.39. The number of likely N-dealkylation sites (tertiary alicyclic amines) is 1. The molecule has 3 aliphatic rings. The van der Waals surface area contributed by atoms with E-state index in [4.69, 9.17) is 0 Å². The van der Waals surface area contributed by atoms with Gasteiger partial charge in [-0.25, -0.2) is 0 Å². The molecule has 2 heterocycles. The third-order valence-electron chi connectivity index (χ3n) is 6.00. The fourth-order valence-electron chi connectivity index (χ4n) is 4.60. The van der Waals surface area contributed by atoms with E-state index in [1.165, 1.54) is 4.90 Å². The molecule has 2 bridgehead atoms. The van der Waals surface area contributed by atoms with Crippen molar-refractivity contribution in [2.75, 3.05) is 20.1 Å². The van der Waals surface area contributed by atoms with Crippen LogP contribution in [0.25, 0.3) is 0 Å². The van der Waals surface area contributed by atoms with Gasteiger partial charge in [0.15, 0.2) is 5.96 Å².